The predicted molar refractivity (Wildman–Crippen MR) is 88.1 cm³/mol. The summed E-state index contributed by atoms with van der Waals surface area (Å²) in [4.78, 5) is 12.7. The molecule has 0 aliphatic heterocycles. The van der Waals surface area contributed by atoms with Gasteiger partial charge < -0.3 is 10.1 Å². The Kier molecular flexibility index (Phi) is 3.70. The van der Waals surface area contributed by atoms with E-state index in [0.29, 0.717) is 23.3 Å². The molecular weight excluding hydrogens is 274 g/mol. The topological polar surface area (TPSA) is 38.3 Å². The first-order valence-electron chi connectivity index (χ1n) is 8.43. The zero-order valence-corrected chi connectivity index (χ0v) is 14.1. The molecule has 2 bridgehead atoms. The minimum absolute atomic E-state index is 0.00127. The number of benzene rings is 1. The summed E-state index contributed by atoms with van der Waals surface area (Å²) in [6, 6.07) is 7.78. The minimum Gasteiger partial charge on any atom is -0.493 e. The van der Waals surface area contributed by atoms with Crippen LogP contribution in [-0.2, 0) is 0 Å². The Bertz CT molecular complexity index is 581. The van der Waals surface area contributed by atoms with Crippen molar-refractivity contribution in [1.29, 1.82) is 0 Å². The quantitative estimate of drug-likeness (QED) is 0.912. The third-order valence-corrected chi connectivity index (χ3v) is 6.53. The van der Waals surface area contributed by atoms with E-state index in [4.69, 9.17) is 4.74 Å². The fourth-order valence-electron chi connectivity index (χ4n) is 4.59. The van der Waals surface area contributed by atoms with Crippen LogP contribution in [0.4, 0.5) is 0 Å². The second-order valence-electron chi connectivity index (χ2n) is 7.57. The normalized spacial score (nSPS) is 32.0. The van der Waals surface area contributed by atoms with Gasteiger partial charge in [-0.05, 0) is 55.1 Å². The lowest BCUT2D eigenvalue weighted by molar-refractivity contribution is 0.0823. The number of ether oxygens (including phenoxy) is 1. The molecule has 0 radical (unpaired) electrons. The minimum atomic E-state index is -0.00127. The van der Waals surface area contributed by atoms with Crippen LogP contribution in [0.3, 0.4) is 0 Å². The Morgan fingerprint density at radius 3 is 2.64 bits per heavy atom. The summed E-state index contributed by atoms with van der Waals surface area (Å²) in [5, 5.41) is 3.30. The summed E-state index contributed by atoms with van der Waals surface area (Å²) in [5.74, 6) is 1.40. The van der Waals surface area contributed by atoms with E-state index >= 15 is 0 Å². The molecule has 0 spiro atoms. The number of carbonyl (C=O) groups excluding carboxylic acids is 1. The van der Waals surface area contributed by atoms with E-state index in [1.54, 1.807) is 0 Å². The summed E-state index contributed by atoms with van der Waals surface area (Å²) in [6.07, 6.45) is 3.61. The van der Waals surface area contributed by atoms with E-state index in [-0.39, 0.29) is 17.4 Å². The van der Waals surface area contributed by atoms with E-state index in [1.807, 2.05) is 31.2 Å². The Labute approximate surface area is 133 Å². The number of rotatable bonds is 4. The SMILES string of the molecule is CCOc1ccccc1C(=O)N[C@@H]1C[C@@H]2CC[C@@]1(C)C2(C)C. The van der Waals surface area contributed by atoms with Crippen molar-refractivity contribution in [3.63, 3.8) is 0 Å². The molecule has 1 N–H and O–H groups in total. The number of carbonyl (C=O) groups is 1. The van der Waals surface area contributed by atoms with Crippen LogP contribution < -0.4 is 10.1 Å². The first-order valence-corrected chi connectivity index (χ1v) is 8.43. The van der Waals surface area contributed by atoms with Gasteiger partial charge in [0.15, 0.2) is 0 Å². The monoisotopic (exact) mass is 301 g/mol. The van der Waals surface area contributed by atoms with Crippen molar-refractivity contribution >= 4 is 5.91 Å². The Balaban J connectivity index is 1.79. The van der Waals surface area contributed by atoms with Crippen molar-refractivity contribution < 1.29 is 9.53 Å². The van der Waals surface area contributed by atoms with E-state index in [2.05, 4.69) is 26.1 Å². The van der Waals surface area contributed by atoms with Crippen molar-refractivity contribution in [3.05, 3.63) is 29.8 Å². The molecule has 120 valence electrons. The molecule has 2 aliphatic carbocycles. The van der Waals surface area contributed by atoms with Crippen molar-refractivity contribution in [2.45, 2.75) is 53.0 Å². The van der Waals surface area contributed by atoms with Gasteiger partial charge in [0, 0.05) is 6.04 Å². The van der Waals surface area contributed by atoms with Crippen molar-refractivity contribution in [3.8, 4) is 5.75 Å². The Morgan fingerprint density at radius 2 is 2.05 bits per heavy atom. The molecule has 3 nitrogen and oxygen atoms in total. The second-order valence-corrected chi connectivity index (χ2v) is 7.57. The van der Waals surface area contributed by atoms with Gasteiger partial charge in [0.25, 0.3) is 5.91 Å². The highest BCUT2D eigenvalue weighted by molar-refractivity contribution is 5.97. The average Bonchev–Trinajstić information content (AvgIpc) is 2.81. The van der Waals surface area contributed by atoms with Crippen LogP contribution in [0.1, 0.15) is 57.3 Å². The highest BCUT2D eigenvalue weighted by Crippen LogP contribution is 2.65. The number of fused-ring (bicyclic) bond motifs is 2. The fraction of sp³-hybridized carbons (Fsp3) is 0.632. The summed E-state index contributed by atoms with van der Waals surface area (Å²) in [7, 11) is 0. The summed E-state index contributed by atoms with van der Waals surface area (Å²) in [5.41, 5.74) is 1.16. The molecule has 1 amide bonds. The van der Waals surface area contributed by atoms with Crippen LogP contribution >= 0.6 is 0 Å². The maximum Gasteiger partial charge on any atom is 0.255 e. The van der Waals surface area contributed by atoms with Gasteiger partial charge in [-0.3, -0.25) is 4.79 Å². The number of para-hydroxylation sites is 1. The maximum atomic E-state index is 12.7. The van der Waals surface area contributed by atoms with Gasteiger partial charge in [0.2, 0.25) is 0 Å². The van der Waals surface area contributed by atoms with Crippen molar-refractivity contribution in [2.75, 3.05) is 6.61 Å². The van der Waals surface area contributed by atoms with Crippen LogP contribution in [0.25, 0.3) is 0 Å². The molecule has 2 saturated carbocycles. The molecule has 0 unspecified atom stereocenters. The predicted octanol–water partition coefficient (Wildman–Crippen LogP) is 4.03. The fourth-order valence-corrected chi connectivity index (χ4v) is 4.59. The molecule has 1 aromatic rings. The van der Waals surface area contributed by atoms with Gasteiger partial charge in [0.1, 0.15) is 5.75 Å². The lowest BCUT2D eigenvalue weighted by Crippen LogP contribution is -2.46. The number of hydrogen-bond acceptors (Lipinski definition) is 2. The van der Waals surface area contributed by atoms with Crippen LogP contribution in [0.2, 0.25) is 0 Å². The number of hydrogen-bond donors (Lipinski definition) is 1. The number of amides is 1. The van der Waals surface area contributed by atoms with Crippen LogP contribution in [0.15, 0.2) is 24.3 Å². The third kappa shape index (κ3) is 2.13. The molecule has 0 saturated heterocycles. The first kappa shape index (κ1) is 15.4. The molecule has 3 rings (SSSR count). The molecular formula is C19H27NO2. The molecule has 3 atom stereocenters. The van der Waals surface area contributed by atoms with Crippen molar-refractivity contribution in [2.24, 2.45) is 16.7 Å². The molecule has 1 aromatic carbocycles. The second kappa shape index (κ2) is 5.29. The maximum absolute atomic E-state index is 12.7. The first-order chi connectivity index (χ1) is 10.4. The lowest BCUT2D eigenvalue weighted by Gasteiger charge is -2.39. The van der Waals surface area contributed by atoms with Gasteiger partial charge in [-0.25, -0.2) is 0 Å². The van der Waals surface area contributed by atoms with Gasteiger partial charge in [-0.2, -0.15) is 0 Å². The van der Waals surface area contributed by atoms with Crippen LogP contribution in [0.5, 0.6) is 5.75 Å². The van der Waals surface area contributed by atoms with Crippen LogP contribution in [0, 0.1) is 16.7 Å². The molecule has 3 heteroatoms. The van der Waals surface area contributed by atoms with E-state index in [9.17, 15) is 4.79 Å². The van der Waals surface area contributed by atoms with Crippen molar-refractivity contribution in [1.82, 2.24) is 5.32 Å². The summed E-state index contributed by atoms with van der Waals surface area (Å²) in [6.45, 7) is 9.59. The number of nitrogens with one attached hydrogen (secondary N) is 1. The highest BCUT2D eigenvalue weighted by atomic mass is 16.5. The van der Waals surface area contributed by atoms with Gasteiger partial charge >= 0.3 is 0 Å². The lowest BCUT2D eigenvalue weighted by atomic mass is 9.69. The largest absolute Gasteiger partial charge is 0.493 e. The smallest absolute Gasteiger partial charge is 0.255 e. The van der Waals surface area contributed by atoms with Gasteiger partial charge in [-0.1, -0.05) is 32.9 Å². The van der Waals surface area contributed by atoms with Crippen LogP contribution in [-0.4, -0.2) is 18.6 Å². The zero-order chi connectivity index (χ0) is 16.0. The highest BCUT2D eigenvalue weighted by Gasteiger charge is 2.61. The van der Waals surface area contributed by atoms with E-state index in [0.717, 1.165) is 12.3 Å². The van der Waals surface area contributed by atoms with Gasteiger partial charge in [-0.15, -0.1) is 0 Å². The molecule has 2 aliphatic rings. The Hall–Kier alpha value is -1.51. The summed E-state index contributed by atoms with van der Waals surface area (Å²) >= 11 is 0. The van der Waals surface area contributed by atoms with E-state index in [1.165, 1.54) is 12.8 Å². The Morgan fingerprint density at radius 1 is 1.32 bits per heavy atom. The molecule has 22 heavy (non-hydrogen) atoms. The molecule has 0 aromatic heterocycles. The third-order valence-electron chi connectivity index (χ3n) is 6.53. The molecule has 0 heterocycles. The van der Waals surface area contributed by atoms with E-state index < -0.39 is 0 Å². The standard InChI is InChI=1S/C19H27NO2/c1-5-22-15-9-7-6-8-14(15)17(21)20-16-12-13-10-11-19(16,4)18(13,2)3/h6-9,13,16H,5,10-12H2,1-4H3,(H,20,21)/t13-,16+,19+/m0/s1. The zero-order valence-electron chi connectivity index (χ0n) is 14.1. The molecule has 2 fully saturated rings. The van der Waals surface area contributed by atoms with Gasteiger partial charge in [0.05, 0.1) is 12.2 Å². The average molecular weight is 301 g/mol. The summed E-state index contributed by atoms with van der Waals surface area (Å²) < 4.78 is 5.59.